The molecule has 3 atom stereocenters. The van der Waals surface area contributed by atoms with Gasteiger partial charge >= 0.3 is 0 Å². The van der Waals surface area contributed by atoms with E-state index in [0.717, 1.165) is 18.6 Å². The molecule has 5 heteroatoms. The van der Waals surface area contributed by atoms with Gasteiger partial charge in [-0.25, -0.2) is 0 Å². The van der Waals surface area contributed by atoms with Crippen LogP contribution in [0.5, 0.6) is 0 Å². The molecule has 20 heavy (non-hydrogen) atoms. The van der Waals surface area contributed by atoms with Gasteiger partial charge in [-0.15, -0.1) is 0 Å². The Morgan fingerprint density at radius 3 is 2.75 bits per heavy atom. The minimum Gasteiger partial charge on any atom is -0.342 e. The number of amides is 2. The Kier molecular flexibility index (Phi) is 5.35. The van der Waals surface area contributed by atoms with Crippen molar-refractivity contribution in [3.8, 4) is 0 Å². The van der Waals surface area contributed by atoms with E-state index in [9.17, 15) is 9.59 Å². The standard InChI is InChI=1S/C15H26N2O2S/c1-4-17-10-11(8-14(17)18)15(19)16(3)12-6-7-13(9-12)20-5-2/h11-13H,4-10H2,1-3H3/t11-,12+,13+/m0/s1. The molecule has 1 saturated heterocycles. The van der Waals surface area contributed by atoms with Crippen molar-refractivity contribution in [2.45, 2.75) is 50.8 Å². The molecule has 0 spiro atoms. The summed E-state index contributed by atoms with van der Waals surface area (Å²) >= 11 is 2.01. The van der Waals surface area contributed by atoms with Gasteiger partial charge in [-0.05, 0) is 31.9 Å². The molecule has 2 fully saturated rings. The third-order valence-electron chi connectivity index (χ3n) is 4.60. The molecule has 1 aliphatic heterocycles. The molecule has 0 radical (unpaired) electrons. The molecule has 0 bridgehead atoms. The van der Waals surface area contributed by atoms with Gasteiger partial charge in [0.2, 0.25) is 11.8 Å². The first-order chi connectivity index (χ1) is 9.56. The summed E-state index contributed by atoms with van der Waals surface area (Å²) in [5, 5.41) is 0.706. The van der Waals surface area contributed by atoms with E-state index >= 15 is 0 Å². The van der Waals surface area contributed by atoms with Gasteiger partial charge in [0.1, 0.15) is 0 Å². The molecule has 0 aromatic rings. The fourth-order valence-electron chi connectivity index (χ4n) is 3.37. The van der Waals surface area contributed by atoms with Crippen LogP contribution in [0.3, 0.4) is 0 Å². The highest BCUT2D eigenvalue weighted by Crippen LogP contribution is 2.33. The van der Waals surface area contributed by atoms with Crippen molar-refractivity contribution in [1.29, 1.82) is 0 Å². The predicted molar refractivity (Wildman–Crippen MR) is 82.7 cm³/mol. The van der Waals surface area contributed by atoms with Gasteiger partial charge in [-0.1, -0.05) is 6.92 Å². The number of rotatable bonds is 5. The molecular formula is C15H26N2O2S. The van der Waals surface area contributed by atoms with Gasteiger partial charge in [0.05, 0.1) is 5.92 Å². The lowest BCUT2D eigenvalue weighted by Gasteiger charge is -2.27. The Morgan fingerprint density at radius 1 is 1.40 bits per heavy atom. The predicted octanol–water partition coefficient (Wildman–Crippen LogP) is 1.99. The molecule has 2 amide bonds. The van der Waals surface area contributed by atoms with Crippen LogP contribution in [0.4, 0.5) is 0 Å². The maximum Gasteiger partial charge on any atom is 0.227 e. The van der Waals surface area contributed by atoms with Gasteiger partial charge in [-0.2, -0.15) is 11.8 Å². The van der Waals surface area contributed by atoms with E-state index in [4.69, 9.17) is 0 Å². The third kappa shape index (κ3) is 3.30. The highest BCUT2D eigenvalue weighted by Gasteiger charge is 2.38. The fourth-order valence-corrected chi connectivity index (χ4v) is 4.50. The maximum atomic E-state index is 12.5. The summed E-state index contributed by atoms with van der Waals surface area (Å²) in [6.07, 6.45) is 3.83. The van der Waals surface area contributed by atoms with E-state index in [1.165, 1.54) is 6.42 Å². The molecule has 0 aromatic carbocycles. The van der Waals surface area contributed by atoms with Crippen LogP contribution in [-0.2, 0) is 9.59 Å². The number of likely N-dealkylation sites (tertiary alicyclic amines) is 1. The molecule has 1 saturated carbocycles. The summed E-state index contributed by atoms with van der Waals surface area (Å²) in [5.74, 6) is 1.33. The number of hydrogen-bond acceptors (Lipinski definition) is 3. The van der Waals surface area contributed by atoms with Crippen molar-refractivity contribution in [2.75, 3.05) is 25.9 Å². The molecule has 1 heterocycles. The minimum absolute atomic E-state index is 0.120. The Morgan fingerprint density at radius 2 is 2.15 bits per heavy atom. The summed E-state index contributed by atoms with van der Waals surface area (Å²) < 4.78 is 0. The Labute approximate surface area is 126 Å². The van der Waals surface area contributed by atoms with Crippen LogP contribution in [0.15, 0.2) is 0 Å². The molecule has 2 rings (SSSR count). The van der Waals surface area contributed by atoms with Crippen LogP contribution >= 0.6 is 11.8 Å². The van der Waals surface area contributed by atoms with Gasteiger partial charge in [0.15, 0.2) is 0 Å². The van der Waals surface area contributed by atoms with E-state index in [-0.39, 0.29) is 17.7 Å². The lowest BCUT2D eigenvalue weighted by Crippen LogP contribution is -2.40. The number of nitrogens with zero attached hydrogens (tertiary/aromatic N) is 2. The zero-order chi connectivity index (χ0) is 14.7. The molecule has 0 aromatic heterocycles. The average Bonchev–Trinajstić information content (AvgIpc) is 3.04. The van der Waals surface area contributed by atoms with Gasteiger partial charge < -0.3 is 9.80 Å². The van der Waals surface area contributed by atoms with E-state index < -0.39 is 0 Å². The van der Waals surface area contributed by atoms with Gasteiger partial charge in [0.25, 0.3) is 0 Å². The normalized spacial score (nSPS) is 30.1. The number of carbonyl (C=O) groups excluding carboxylic acids is 2. The maximum absolute atomic E-state index is 12.5. The number of thioether (sulfide) groups is 1. The van der Waals surface area contributed by atoms with E-state index in [0.29, 0.717) is 30.8 Å². The molecule has 0 N–H and O–H groups in total. The zero-order valence-corrected chi connectivity index (χ0v) is 13.6. The highest BCUT2D eigenvalue weighted by molar-refractivity contribution is 7.99. The second-order valence-corrected chi connectivity index (χ2v) is 7.40. The molecule has 1 aliphatic carbocycles. The fraction of sp³-hybridized carbons (Fsp3) is 0.867. The summed E-state index contributed by atoms with van der Waals surface area (Å²) in [7, 11) is 1.92. The van der Waals surface area contributed by atoms with Crippen LogP contribution in [0.25, 0.3) is 0 Å². The average molecular weight is 298 g/mol. The molecule has 2 aliphatic rings. The van der Waals surface area contributed by atoms with Crippen molar-refractivity contribution in [2.24, 2.45) is 5.92 Å². The summed E-state index contributed by atoms with van der Waals surface area (Å²) in [5.41, 5.74) is 0. The zero-order valence-electron chi connectivity index (χ0n) is 12.8. The quantitative estimate of drug-likeness (QED) is 0.779. The topological polar surface area (TPSA) is 40.6 Å². The molecule has 0 unspecified atom stereocenters. The third-order valence-corrected chi connectivity index (χ3v) is 5.83. The van der Waals surface area contributed by atoms with Crippen molar-refractivity contribution in [3.05, 3.63) is 0 Å². The van der Waals surface area contributed by atoms with Gasteiger partial charge in [0, 0.05) is 37.8 Å². The van der Waals surface area contributed by atoms with Gasteiger partial charge in [-0.3, -0.25) is 9.59 Å². The van der Waals surface area contributed by atoms with Crippen molar-refractivity contribution < 1.29 is 9.59 Å². The van der Waals surface area contributed by atoms with E-state index in [1.807, 2.05) is 30.6 Å². The lowest BCUT2D eigenvalue weighted by molar-refractivity contribution is -0.136. The van der Waals surface area contributed by atoms with Crippen molar-refractivity contribution >= 4 is 23.6 Å². The summed E-state index contributed by atoms with van der Waals surface area (Å²) in [6, 6.07) is 0.373. The first-order valence-electron chi connectivity index (χ1n) is 7.72. The van der Waals surface area contributed by atoms with Crippen LogP contribution in [0.2, 0.25) is 0 Å². The molecular weight excluding hydrogens is 272 g/mol. The van der Waals surface area contributed by atoms with E-state index in [1.54, 1.807) is 4.90 Å². The molecule has 114 valence electrons. The van der Waals surface area contributed by atoms with Crippen LogP contribution in [0.1, 0.15) is 39.5 Å². The van der Waals surface area contributed by atoms with Crippen molar-refractivity contribution in [3.63, 3.8) is 0 Å². The van der Waals surface area contributed by atoms with Crippen molar-refractivity contribution in [1.82, 2.24) is 9.80 Å². The smallest absolute Gasteiger partial charge is 0.227 e. The first kappa shape index (κ1) is 15.7. The molecule has 4 nitrogen and oxygen atoms in total. The highest BCUT2D eigenvalue weighted by atomic mass is 32.2. The minimum atomic E-state index is -0.120. The Hall–Kier alpha value is -0.710. The van der Waals surface area contributed by atoms with Crippen LogP contribution in [0, 0.1) is 5.92 Å². The largest absolute Gasteiger partial charge is 0.342 e. The first-order valence-corrected chi connectivity index (χ1v) is 8.77. The monoisotopic (exact) mass is 298 g/mol. The second-order valence-electron chi connectivity index (χ2n) is 5.83. The Bertz CT molecular complexity index is 375. The van der Waals surface area contributed by atoms with E-state index in [2.05, 4.69) is 6.92 Å². The van der Waals surface area contributed by atoms with Crippen LogP contribution in [-0.4, -0.2) is 58.8 Å². The van der Waals surface area contributed by atoms with Crippen LogP contribution < -0.4 is 0 Å². The second kappa shape index (κ2) is 6.83. The lowest BCUT2D eigenvalue weighted by atomic mass is 10.1. The summed E-state index contributed by atoms with van der Waals surface area (Å²) in [4.78, 5) is 28.0. The number of hydrogen-bond donors (Lipinski definition) is 0. The number of carbonyl (C=O) groups is 2. The SMILES string of the molecule is CCS[C@@H]1CC[C@@H](N(C)C(=O)[C@H]2CC(=O)N(CC)C2)C1. The summed E-state index contributed by atoms with van der Waals surface area (Å²) in [6.45, 7) is 5.48. The Balaban J connectivity index is 1.88.